The highest BCUT2D eigenvalue weighted by molar-refractivity contribution is 5.10. The van der Waals surface area contributed by atoms with E-state index in [0.717, 1.165) is 19.4 Å². The van der Waals surface area contributed by atoms with Crippen molar-refractivity contribution in [1.82, 2.24) is 9.88 Å². The van der Waals surface area contributed by atoms with Crippen LogP contribution in [0.2, 0.25) is 0 Å². The van der Waals surface area contributed by atoms with Crippen molar-refractivity contribution in [1.29, 1.82) is 0 Å². The molecular weight excluding hydrogens is 188 g/mol. The molecule has 0 aliphatic heterocycles. The summed E-state index contributed by atoms with van der Waals surface area (Å²) in [7, 11) is 2.01. The van der Waals surface area contributed by atoms with Gasteiger partial charge in [0.05, 0.1) is 6.61 Å². The third-order valence-electron chi connectivity index (χ3n) is 2.76. The van der Waals surface area contributed by atoms with E-state index in [1.54, 1.807) is 0 Å². The third kappa shape index (κ3) is 3.68. The van der Waals surface area contributed by atoms with Gasteiger partial charge in [0.2, 0.25) is 0 Å². The summed E-state index contributed by atoms with van der Waals surface area (Å²) in [4.78, 5) is 0. The van der Waals surface area contributed by atoms with Crippen LogP contribution in [0.5, 0.6) is 0 Å². The summed E-state index contributed by atoms with van der Waals surface area (Å²) >= 11 is 0. The van der Waals surface area contributed by atoms with Crippen molar-refractivity contribution in [2.45, 2.75) is 38.8 Å². The van der Waals surface area contributed by atoms with Gasteiger partial charge in [-0.15, -0.1) is 0 Å². The van der Waals surface area contributed by atoms with Gasteiger partial charge in [-0.05, 0) is 25.0 Å². The molecule has 0 bridgehead atoms. The minimum absolute atomic E-state index is 0.148. The molecule has 0 saturated carbocycles. The highest BCUT2D eigenvalue weighted by Crippen LogP contribution is 2.12. The molecule has 2 N–H and O–H groups in total. The monoisotopic (exact) mass is 210 g/mol. The maximum atomic E-state index is 9.33. The Kier molecular flexibility index (Phi) is 4.36. The Hall–Kier alpha value is -0.800. The molecule has 0 saturated heterocycles. The molecule has 15 heavy (non-hydrogen) atoms. The van der Waals surface area contributed by atoms with E-state index in [1.165, 1.54) is 5.56 Å². The lowest BCUT2D eigenvalue weighted by molar-refractivity contribution is 0.163. The molecule has 3 heteroatoms. The first-order valence-corrected chi connectivity index (χ1v) is 5.56. The fraction of sp³-hybridized carbons (Fsp3) is 0.667. The largest absolute Gasteiger partial charge is 0.394 e. The third-order valence-corrected chi connectivity index (χ3v) is 2.76. The van der Waals surface area contributed by atoms with Crippen LogP contribution in [0.25, 0.3) is 0 Å². The van der Waals surface area contributed by atoms with E-state index >= 15 is 0 Å². The molecule has 0 fully saturated rings. The molecule has 0 aliphatic rings. The normalized spacial score (nSPS) is 15.2. The van der Waals surface area contributed by atoms with Crippen molar-refractivity contribution in [3.8, 4) is 0 Å². The zero-order chi connectivity index (χ0) is 11.3. The molecule has 1 rings (SSSR count). The number of rotatable bonds is 6. The summed E-state index contributed by atoms with van der Waals surface area (Å²) in [5.74, 6) is 0. The Bertz CT molecular complexity index is 296. The second kappa shape index (κ2) is 5.33. The van der Waals surface area contributed by atoms with Crippen molar-refractivity contribution in [3.63, 3.8) is 0 Å². The minimum Gasteiger partial charge on any atom is -0.394 e. The average Bonchev–Trinajstić information content (AvgIpc) is 2.62. The summed E-state index contributed by atoms with van der Waals surface area (Å²) in [5.41, 5.74) is 1.11. The van der Waals surface area contributed by atoms with Gasteiger partial charge in [-0.2, -0.15) is 0 Å². The first-order chi connectivity index (χ1) is 7.09. The quantitative estimate of drug-likeness (QED) is 0.749. The maximum absolute atomic E-state index is 9.33. The van der Waals surface area contributed by atoms with Crippen LogP contribution in [0.15, 0.2) is 18.5 Å². The van der Waals surface area contributed by atoms with Crippen LogP contribution in [0.1, 0.15) is 32.3 Å². The molecule has 1 unspecified atom stereocenters. The Morgan fingerprint density at radius 3 is 2.73 bits per heavy atom. The predicted octanol–water partition coefficient (Wildman–Crippen LogP) is 1.67. The molecule has 0 aliphatic carbocycles. The van der Waals surface area contributed by atoms with Gasteiger partial charge < -0.3 is 15.0 Å². The van der Waals surface area contributed by atoms with E-state index in [-0.39, 0.29) is 12.1 Å². The van der Waals surface area contributed by atoms with E-state index in [2.05, 4.69) is 31.4 Å². The van der Waals surface area contributed by atoms with Gasteiger partial charge in [0, 0.05) is 31.5 Å². The number of aliphatic hydroxyl groups is 1. The van der Waals surface area contributed by atoms with E-state index in [1.807, 2.05) is 17.8 Å². The summed E-state index contributed by atoms with van der Waals surface area (Å²) in [5, 5.41) is 12.7. The van der Waals surface area contributed by atoms with Gasteiger partial charge in [-0.25, -0.2) is 0 Å². The molecule has 1 aromatic heterocycles. The van der Waals surface area contributed by atoms with Crippen molar-refractivity contribution in [2.75, 3.05) is 6.61 Å². The zero-order valence-corrected chi connectivity index (χ0v) is 9.95. The van der Waals surface area contributed by atoms with Crippen LogP contribution in [-0.2, 0) is 13.6 Å². The van der Waals surface area contributed by atoms with Crippen LogP contribution < -0.4 is 5.32 Å². The van der Waals surface area contributed by atoms with E-state index in [9.17, 15) is 5.11 Å². The topological polar surface area (TPSA) is 37.2 Å². The number of hydrogen-bond acceptors (Lipinski definition) is 2. The molecule has 1 heterocycles. The van der Waals surface area contributed by atoms with Gasteiger partial charge in [-0.3, -0.25) is 0 Å². The van der Waals surface area contributed by atoms with Crippen LogP contribution in [-0.4, -0.2) is 21.8 Å². The van der Waals surface area contributed by atoms with E-state index in [0.29, 0.717) is 0 Å². The Balaban J connectivity index is 2.47. The first kappa shape index (κ1) is 12.3. The van der Waals surface area contributed by atoms with Gasteiger partial charge >= 0.3 is 0 Å². The minimum atomic E-state index is -0.148. The van der Waals surface area contributed by atoms with Crippen molar-refractivity contribution in [2.24, 2.45) is 7.05 Å². The fourth-order valence-corrected chi connectivity index (χ4v) is 1.76. The number of aromatic nitrogens is 1. The number of aryl methyl sites for hydroxylation is 1. The lowest BCUT2D eigenvalue weighted by Crippen LogP contribution is -2.45. The maximum Gasteiger partial charge on any atom is 0.0610 e. The fourth-order valence-electron chi connectivity index (χ4n) is 1.76. The second-order valence-corrected chi connectivity index (χ2v) is 4.51. The lowest BCUT2D eigenvalue weighted by Gasteiger charge is -2.28. The van der Waals surface area contributed by atoms with Crippen LogP contribution >= 0.6 is 0 Å². The summed E-state index contributed by atoms with van der Waals surface area (Å²) < 4.78 is 2.03. The average molecular weight is 210 g/mol. The number of nitrogens with zero attached hydrogens (tertiary/aromatic N) is 1. The van der Waals surface area contributed by atoms with Gasteiger partial charge in [0.15, 0.2) is 0 Å². The Morgan fingerprint density at radius 1 is 1.53 bits per heavy atom. The molecule has 0 aromatic carbocycles. The molecule has 1 atom stereocenters. The molecule has 0 amide bonds. The van der Waals surface area contributed by atoms with Crippen LogP contribution in [0.4, 0.5) is 0 Å². The first-order valence-electron chi connectivity index (χ1n) is 5.56. The molecule has 0 radical (unpaired) electrons. The van der Waals surface area contributed by atoms with Crippen molar-refractivity contribution in [3.05, 3.63) is 24.0 Å². The van der Waals surface area contributed by atoms with Crippen LogP contribution in [0, 0.1) is 0 Å². The molecule has 0 spiro atoms. The number of aliphatic hydroxyl groups excluding tert-OH is 1. The highest BCUT2D eigenvalue weighted by atomic mass is 16.3. The van der Waals surface area contributed by atoms with Crippen molar-refractivity contribution < 1.29 is 5.11 Å². The van der Waals surface area contributed by atoms with Gasteiger partial charge in [0.25, 0.3) is 0 Å². The SMILES string of the molecule is CCCC(C)(CO)NCc1ccn(C)c1. The van der Waals surface area contributed by atoms with Gasteiger partial charge in [-0.1, -0.05) is 13.3 Å². The number of nitrogens with one attached hydrogen (secondary N) is 1. The lowest BCUT2D eigenvalue weighted by atomic mass is 9.97. The highest BCUT2D eigenvalue weighted by Gasteiger charge is 2.20. The van der Waals surface area contributed by atoms with Crippen LogP contribution in [0.3, 0.4) is 0 Å². The summed E-state index contributed by atoms with van der Waals surface area (Å²) in [6, 6.07) is 2.09. The van der Waals surface area contributed by atoms with E-state index < -0.39 is 0 Å². The molecule has 1 aromatic rings. The van der Waals surface area contributed by atoms with Gasteiger partial charge in [0.1, 0.15) is 0 Å². The molecule has 86 valence electrons. The zero-order valence-electron chi connectivity index (χ0n) is 9.95. The molecule has 3 nitrogen and oxygen atoms in total. The summed E-state index contributed by atoms with van der Waals surface area (Å²) in [6.07, 6.45) is 6.21. The number of hydrogen-bond donors (Lipinski definition) is 2. The van der Waals surface area contributed by atoms with E-state index in [4.69, 9.17) is 0 Å². The van der Waals surface area contributed by atoms with Crippen molar-refractivity contribution >= 4 is 0 Å². The summed E-state index contributed by atoms with van der Waals surface area (Å²) in [6.45, 7) is 5.21. The standard InChI is InChI=1S/C12H22N2O/c1-4-6-12(2,10-15)13-8-11-5-7-14(3)9-11/h5,7,9,13,15H,4,6,8,10H2,1-3H3. The Labute approximate surface area is 92.1 Å². The molecular formula is C12H22N2O. The second-order valence-electron chi connectivity index (χ2n) is 4.51. The smallest absolute Gasteiger partial charge is 0.0610 e. The Morgan fingerprint density at radius 2 is 2.27 bits per heavy atom. The predicted molar refractivity (Wildman–Crippen MR) is 62.7 cm³/mol.